The molecular formula is C17H28O2. The molecule has 0 radical (unpaired) electrons. The van der Waals surface area contributed by atoms with Crippen LogP contribution in [-0.4, -0.2) is 12.6 Å². The highest BCUT2D eigenvalue weighted by Gasteiger charge is 2.64. The third-order valence-corrected chi connectivity index (χ3v) is 6.82. The molecule has 0 aromatic carbocycles. The lowest BCUT2D eigenvalue weighted by molar-refractivity contribution is -0.144. The standard InChI is InChI=1S/C17H28O2/c1-11(18)19-10-14-12-6-7-13-15(12)16(2,3)8-5-9-17(13,14)4/h12-15H,5-10H2,1-4H3. The lowest BCUT2D eigenvalue weighted by Crippen LogP contribution is -2.37. The predicted molar refractivity (Wildman–Crippen MR) is 75.6 cm³/mol. The van der Waals surface area contributed by atoms with Gasteiger partial charge in [0.05, 0.1) is 6.61 Å². The number of hydrogen-bond donors (Lipinski definition) is 0. The van der Waals surface area contributed by atoms with Gasteiger partial charge in [0.2, 0.25) is 0 Å². The molecule has 3 aliphatic rings. The van der Waals surface area contributed by atoms with Crippen LogP contribution in [0.25, 0.3) is 0 Å². The predicted octanol–water partition coefficient (Wildman–Crippen LogP) is 4.04. The van der Waals surface area contributed by atoms with Gasteiger partial charge in [0, 0.05) is 12.8 Å². The summed E-state index contributed by atoms with van der Waals surface area (Å²) in [4.78, 5) is 11.2. The second-order valence-corrected chi connectivity index (χ2v) is 8.13. The molecule has 108 valence electrons. The van der Waals surface area contributed by atoms with Crippen molar-refractivity contribution in [3.8, 4) is 0 Å². The zero-order valence-corrected chi connectivity index (χ0v) is 12.9. The fraction of sp³-hybridized carbons (Fsp3) is 0.941. The Morgan fingerprint density at radius 1 is 1.21 bits per heavy atom. The summed E-state index contributed by atoms with van der Waals surface area (Å²) < 4.78 is 5.42. The zero-order valence-electron chi connectivity index (χ0n) is 12.9. The van der Waals surface area contributed by atoms with E-state index in [0.717, 1.165) is 17.8 Å². The Hall–Kier alpha value is -0.530. The third-order valence-electron chi connectivity index (χ3n) is 6.82. The molecule has 3 fully saturated rings. The van der Waals surface area contributed by atoms with Gasteiger partial charge < -0.3 is 4.74 Å². The van der Waals surface area contributed by atoms with E-state index in [-0.39, 0.29) is 5.97 Å². The van der Waals surface area contributed by atoms with E-state index in [9.17, 15) is 4.79 Å². The van der Waals surface area contributed by atoms with Crippen molar-refractivity contribution < 1.29 is 9.53 Å². The first-order valence-corrected chi connectivity index (χ1v) is 7.99. The second kappa shape index (κ2) is 4.23. The van der Waals surface area contributed by atoms with E-state index < -0.39 is 0 Å². The van der Waals surface area contributed by atoms with Crippen LogP contribution in [0.1, 0.15) is 59.8 Å². The molecule has 3 aliphatic carbocycles. The molecule has 3 rings (SSSR count). The van der Waals surface area contributed by atoms with Crippen LogP contribution in [0.15, 0.2) is 0 Å². The van der Waals surface area contributed by atoms with Gasteiger partial charge in [-0.15, -0.1) is 0 Å². The molecule has 5 atom stereocenters. The Labute approximate surface area is 117 Å². The molecular weight excluding hydrogens is 236 g/mol. The summed E-state index contributed by atoms with van der Waals surface area (Å²) >= 11 is 0. The summed E-state index contributed by atoms with van der Waals surface area (Å²) in [5, 5.41) is 0. The summed E-state index contributed by atoms with van der Waals surface area (Å²) in [6.45, 7) is 9.64. The normalized spacial score (nSPS) is 46.9. The second-order valence-electron chi connectivity index (χ2n) is 8.13. The maximum absolute atomic E-state index is 11.2. The monoisotopic (exact) mass is 264 g/mol. The van der Waals surface area contributed by atoms with Crippen molar-refractivity contribution >= 4 is 5.97 Å². The molecule has 19 heavy (non-hydrogen) atoms. The molecule has 2 heteroatoms. The minimum atomic E-state index is -0.113. The highest BCUT2D eigenvalue weighted by molar-refractivity contribution is 5.65. The van der Waals surface area contributed by atoms with Crippen molar-refractivity contribution in [1.82, 2.24) is 0 Å². The first-order chi connectivity index (χ1) is 8.86. The molecule has 0 amide bonds. The number of carbonyl (C=O) groups is 1. The van der Waals surface area contributed by atoms with E-state index in [2.05, 4.69) is 20.8 Å². The molecule has 4 bridgehead atoms. The summed E-state index contributed by atoms with van der Waals surface area (Å²) in [6, 6.07) is 0. The van der Waals surface area contributed by atoms with Crippen LogP contribution in [0.5, 0.6) is 0 Å². The van der Waals surface area contributed by atoms with Gasteiger partial charge in [0.1, 0.15) is 0 Å². The van der Waals surface area contributed by atoms with E-state index in [1.165, 1.54) is 39.0 Å². The lowest BCUT2D eigenvalue weighted by Gasteiger charge is -2.41. The highest BCUT2D eigenvalue weighted by atomic mass is 16.5. The first-order valence-electron chi connectivity index (χ1n) is 7.99. The molecule has 0 spiro atoms. The van der Waals surface area contributed by atoms with Crippen molar-refractivity contribution in [2.45, 2.75) is 59.8 Å². The molecule has 0 aromatic heterocycles. The van der Waals surface area contributed by atoms with Crippen molar-refractivity contribution in [2.75, 3.05) is 6.61 Å². The summed E-state index contributed by atoms with van der Waals surface area (Å²) in [5.74, 6) is 3.03. The molecule has 0 saturated heterocycles. The Morgan fingerprint density at radius 3 is 2.63 bits per heavy atom. The number of carbonyl (C=O) groups excluding carboxylic acids is 1. The van der Waals surface area contributed by atoms with Crippen LogP contribution < -0.4 is 0 Å². The highest BCUT2D eigenvalue weighted by Crippen LogP contribution is 2.70. The van der Waals surface area contributed by atoms with Gasteiger partial charge in [-0.05, 0) is 54.3 Å². The lowest BCUT2D eigenvalue weighted by atomic mass is 9.65. The number of ether oxygens (including phenoxy) is 1. The average molecular weight is 264 g/mol. The number of hydrogen-bond acceptors (Lipinski definition) is 2. The van der Waals surface area contributed by atoms with E-state index in [1.54, 1.807) is 0 Å². The van der Waals surface area contributed by atoms with Crippen LogP contribution in [0.2, 0.25) is 0 Å². The molecule has 0 heterocycles. The van der Waals surface area contributed by atoms with Gasteiger partial charge >= 0.3 is 5.97 Å². The Kier molecular flexibility index (Phi) is 3.00. The van der Waals surface area contributed by atoms with Gasteiger partial charge in [0.15, 0.2) is 0 Å². The molecule has 5 unspecified atom stereocenters. The first kappa shape index (κ1) is 13.5. The third kappa shape index (κ3) is 1.86. The van der Waals surface area contributed by atoms with Gasteiger partial charge in [-0.25, -0.2) is 0 Å². The molecule has 2 nitrogen and oxygen atoms in total. The minimum Gasteiger partial charge on any atom is -0.466 e. The largest absolute Gasteiger partial charge is 0.466 e. The molecule has 0 aromatic rings. The minimum absolute atomic E-state index is 0.113. The van der Waals surface area contributed by atoms with Crippen LogP contribution in [0, 0.1) is 34.5 Å². The topological polar surface area (TPSA) is 26.3 Å². The van der Waals surface area contributed by atoms with Crippen LogP contribution in [-0.2, 0) is 9.53 Å². The molecule has 0 aliphatic heterocycles. The van der Waals surface area contributed by atoms with Gasteiger partial charge in [-0.1, -0.05) is 27.2 Å². The maximum atomic E-state index is 11.2. The fourth-order valence-electron chi connectivity index (χ4n) is 6.09. The Morgan fingerprint density at radius 2 is 1.95 bits per heavy atom. The van der Waals surface area contributed by atoms with E-state index >= 15 is 0 Å². The molecule has 3 saturated carbocycles. The van der Waals surface area contributed by atoms with Crippen molar-refractivity contribution in [3.63, 3.8) is 0 Å². The van der Waals surface area contributed by atoms with E-state index in [1.807, 2.05) is 0 Å². The summed E-state index contributed by atoms with van der Waals surface area (Å²) in [7, 11) is 0. The maximum Gasteiger partial charge on any atom is 0.302 e. The van der Waals surface area contributed by atoms with E-state index in [0.29, 0.717) is 23.4 Å². The van der Waals surface area contributed by atoms with Gasteiger partial charge in [-0.2, -0.15) is 0 Å². The van der Waals surface area contributed by atoms with Gasteiger partial charge in [0.25, 0.3) is 0 Å². The molecule has 0 N–H and O–H groups in total. The van der Waals surface area contributed by atoms with Crippen LogP contribution in [0.3, 0.4) is 0 Å². The quantitative estimate of drug-likeness (QED) is 0.704. The van der Waals surface area contributed by atoms with Crippen molar-refractivity contribution in [2.24, 2.45) is 34.5 Å². The summed E-state index contributed by atoms with van der Waals surface area (Å²) in [6.07, 6.45) is 6.83. The Balaban J connectivity index is 1.90. The zero-order chi connectivity index (χ0) is 13.8. The van der Waals surface area contributed by atoms with Gasteiger partial charge in [-0.3, -0.25) is 4.79 Å². The summed E-state index contributed by atoms with van der Waals surface area (Å²) in [5.41, 5.74) is 0.908. The number of esters is 1. The fourth-order valence-corrected chi connectivity index (χ4v) is 6.09. The smallest absolute Gasteiger partial charge is 0.302 e. The Bertz CT molecular complexity index is 387. The van der Waals surface area contributed by atoms with Crippen LogP contribution >= 0.6 is 0 Å². The van der Waals surface area contributed by atoms with Crippen LogP contribution in [0.4, 0.5) is 0 Å². The van der Waals surface area contributed by atoms with Crippen molar-refractivity contribution in [3.05, 3.63) is 0 Å². The van der Waals surface area contributed by atoms with E-state index in [4.69, 9.17) is 4.74 Å². The van der Waals surface area contributed by atoms with Crippen molar-refractivity contribution in [1.29, 1.82) is 0 Å². The SMILES string of the molecule is CC(=O)OCC1C2CCC3C2C(C)(C)CCCC13C. The number of rotatable bonds is 2. The average Bonchev–Trinajstić information content (AvgIpc) is 2.78.